The maximum atomic E-state index is 12.3. The van der Waals surface area contributed by atoms with E-state index >= 15 is 0 Å². The lowest BCUT2D eigenvalue weighted by atomic mass is 9.89. The molecule has 0 amide bonds. The Morgan fingerprint density at radius 2 is 1.60 bits per heavy atom. The molecule has 1 heteroatoms. The van der Waals surface area contributed by atoms with Crippen LogP contribution in [0.4, 0.5) is 0 Å². The summed E-state index contributed by atoms with van der Waals surface area (Å²) in [7, 11) is 0. The minimum absolute atomic E-state index is 0.325. The zero-order valence-corrected chi connectivity index (χ0v) is 15.2. The molecule has 1 atom stereocenters. The Kier molecular flexibility index (Phi) is 5.65. The van der Waals surface area contributed by atoms with Gasteiger partial charge in [0.2, 0.25) is 0 Å². The Labute approximate surface area is 151 Å². The molecule has 0 bridgehead atoms. The molecule has 0 fully saturated rings. The molecule has 25 heavy (non-hydrogen) atoms. The van der Waals surface area contributed by atoms with Crippen LogP contribution in [0.3, 0.4) is 0 Å². The number of ketones is 1. The van der Waals surface area contributed by atoms with Gasteiger partial charge in [-0.15, -0.1) is 0 Å². The molecule has 1 nitrogen and oxygen atoms in total. The van der Waals surface area contributed by atoms with Crippen molar-refractivity contribution in [1.29, 1.82) is 0 Å². The highest BCUT2D eigenvalue weighted by atomic mass is 16.1. The first-order valence-electron chi connectivity index (χ1n) is 9.23. The number of hydrogen-bond acceptors (Lipinski definition) is 1. The smallest absolute Gasteiger partial charge is 0.137 e. The highest BCUT2D eigenvalue weighted by Crippen LogP contribution is 2.36. The summed E-state index contributed by atoms with van der Waals surface area (Å²) in [6.07, 6.45) is 7.49. The van der Waals surface area contributed by atoms with Crippen LogP contribution in [-0.4, -0.2) is 5.78 Å². The Hall–Kier alpha value is -2.41. The van der Waals surface area contributed by atoms with Crippen LogP contribution in [0.2, 0.25) is 0 Å². The zero-order chi connectivity index (χ0) is 17.6. The lowest BCUT2D eigenvalue weighted by molar-refractivity contribution is -0.118. The third-order valence-corrected chi connectivity index (χ3v) is 5.13. The predicted molar refractivity (Wildman–Crippen MR) is 105 cm³/mol. The molecule has 0 radical (unpaired) electrons. The number of benzene rings is 2. The SMILES string of the molecule is CCc1ccc(CC(=O)CCC2=CC=C(c3ccccc3)C2C)cc1. The van der Waals surface area contributed by atoms with Crippen molar-refractivity contribution in [2.75, 3.05) is 0 Å². The first kappa shape index (κ1) is 17.4. The van der Waals surface area contributed by atoms with Gasteiger partial charge in [-0.2, -0.15) is 0 Å². The van der Waals surface area contributed by atoms with E-state index in [1.807, 2.05) is 6.07 Å². The summed E-state index contributed by atoms with van der Waals surface area (Å²) in [6, 6.07) is 18.9. The maximum absolute atomic E-state index is 12.3. The molecule has 128 valence electrons. The van der Waals surface area contributed by atoms with E-state index in [2.05, 4.69) is 74.5 Å². The van der Waals surface area contributed by atoms with Gasteiger partial charge in [0.15, 0.2) is 0 Å². The van der Waals surface area contributed by atoms with Crippen molar-refractivity contribution in [3.63, 3.8) is 0 Å². The van der Waals surface area contributed by atoms with E-state index < -0.39 is 0 Å². The van der Waals surface area contributed by atoms with E-state index in [9.17, 15) is 4.79 Å². The highest BCUT2D eigenvalue weighted by molar-refractivity contribution is 5.81. The van der Waals surface area contributed by atoms with Gasteiger partial charge in [0.25, 0.3) is 0 Å². The molecular formula is C24H26O. The summed E-state index contributed by atoms with van der Waals surface area (Å²) >= 11 is 0. The van der Waals surface area contributed by atoms with Crippen LogP contribution < -0.4 is 0 Å². The van der Waals surface area contributed by atoms with E-state index in [1.165, 1.54) is 22.3 Å². The Morgan fingerprint density at radius 1 is 0.920 bits per heavy atom. The van der Waals surface area contributed by atoms with Crippen molar-refractivity contribution in [3.8, 4) is 0 Å². The van der Waals surface area contributed by atoms with Crippen molar-refractivity contribution >= 4 is 11.4 Å². The summed E-state index contributed by atoms with van der Waals surface area (Å²) < 4.78 is 0. The number of hydrogen-bond donors (Lipinski definition) is 0. The number of allylic oxidation sites excluding steroid dienone is 4. The van der Waals surface area contributed by atoms with Crippen LogP contribution in [0.15, 0.2) is 72.3 Å². The molecule has 0 spiro atoms. The van der Waals surface area contributed by atoms with Gasteiger partial charge in [0.05, 0.1) is 0 Å². The van der Waals surface area contributed by atoms with Gasteiger partial charge in [0.1, 0.15) is 5.78 Å². The summed E-state index contributed by atoms with van der Waals surface area (Å²) in [5.74, 6) is 0.726. The number of Topliss-reactive ketones (excluding diaryl/α,β-unsaturated/α-hetero) is 1. The topological polar surface area (TPSA) is 17.1 Å². The van der Waals surface area contributed by atoms with Gasteiger partial charge in [-0.1, -0.05) is 86.2 Å². The monoisotopic (exact) mass is 330 g/mol. The van der Waals surface area contributed by atoms with Crippen molar-refractivity contribution in [1.82, 2.24) is 0 Å². The molecule has 2 aromatic carbocycles. The van der Waals surface area contributed by atoms with Crippen molar-refractivity contribution in [3.05, 3.63) is 89.0 Å². The third kappa shape index (κ3) is 4.36. The fourth-order valence-corrected chi connectivity index (χ4v) is 3.45. The van der Waals surface area contributed by atoms with Gasteiger partial charge in [-0.3, -0.25) is 4.79 Å². The lowest BCUT2D eigenvalue weighted by Gasteiger charge is -2.15. The molecule has 1 unspecified atom stereocenters. The van der Waals surface area contributed by atoms with Crippen molar-refractivity contribution in [2.45, 2.75) is 39.5 Å². The summed E-state index contributed by atoms with van der Waals surface area (Å²) in [5, 5.41) is 0. The molecular weight excluding hydrogens is 304 g/mol. The normalized spacial score (nSPS) is 16.5. The second kappa shape index (κ2) is 8.11. The molecule has 0 aromatic heterocycles. The number of aryl methyl sites for hydroxylation is 1. The van der Waals surface area contributed by atoms with Crippen LogP contribution in [-0.2, 0) is 17.6 Å². The molecule has 0 saturated carbocycles. The van der Waals surface area contributed by atoms with Crippen LogP contribution >= 0.6 is 0 Å². The van der Waals surface area contributed by atoms with Gasteiger partial charge < -0.3 is 0 Å². The standard InChI is InChI=1S/C24H26O/c1-3-19-9-11-20(12-10-19)17-23(25)15-13-21-14-16-24(18(21)2)22-7-5-4-6-8-22/h4-12,14,16,18H,3,13,15,17H2,1-2H3. The van der Waals surface area contributed by atoms with Gasteiger partial charge >= 0.3 is 0 Å². The minimum atomic E-state index is 0.325. The van der Waals surface area contributed by atoms with E-state index in [0.717, 1.165) is 18.4 Å². The molecule has 0 aliphatic heterocycles. The Bertz CT molecular complexity index is 779. The van der Waals surface area contributed by atoms with Crippen molar-refractivity contribution in [2.24, 2.45) is 5.92 Å². The summed E-state index contributed by atoms with van der Waals surface area (Å²) in [6.45, 7) is 4.39. The second-order valence-electron chi connectivity index (χ2n) is 6.84. The first-order valence-corrected chi connectivity index (χ1v) is 9.23. The second-order valence-corrected chi connectivity index (χ2v) is 6.84. The van der Waals surface area contributed by atoms with Gasteiger partial charge in [-0.25, -0.2) is 0 Å². The van der Waals surface area contributed by atoms with Crippen LogP contribution in [0.25, 0.3) is 5.57 Å². The average Bonchev–Trinajstić information content (AvgIpc) is 3.02. The van der Waals surface area contributed by atoms with E-state index in [4.69, 9.17) is 0 Å². The molecule has 0 heterocycles. The fraction of sp³-hybridized carbons (Fsp3) is 0.292. The van der Waals surface area contributed by atoms with Crippen LogP contribution in [0, 0.1) is 5.92 Å². The van der Waals surface area contributed by atoms with Crippen LogP contribution in [0.1, 0.15) is 43.4 Å². The number of rotatable bonds is 7. The molecule has 3 rings (SSSR count). The summed E-state index contributed by atoms with van der Waals surface area (Å²) in [4.78, 5) is 12.3. The maximum Gasteiger partial charge on any atom is 0.137 e. The number of carbonyl (C=O) groups is 1. The van der Waals surface area contributed by atoms with Crippen LogP contribution in [0.5, 0.6) is 0 Å². The Balaban J connectivity index is 1.51. The summed E-state index contributed by atoms with van der Waals surface area (Å²) in [5.41, 5.74) is 6.45. The molecule has 0 saturated heterocycles. The van der Waals surface area contributed by atoms with Crippen molar-refractivity contribution < 1.29 is 4.79 Å². The third-order valence-electron chi connectivity index (χ3n) is 5.13. The lowest BCUT2D eigenvalue weighted by Crippen LogP contribution is -2.06. The first-order chi connectivity index (χ1) is 12.2. The highest BCUT2D eigenvalue weighted by Gasteiger charge is 2.20. The van der Waals surface area contributed by atoms with Gasteiger partial charge in [-0.05, 0) is 35.1 Å². The average molecular weight is 330 g/mol. The van der Waals surface area contributed by atoms with E-state index in [-0.39, 0.29) is 0 Å². The largest absolute Gasteiger partial charge is 0.299 e. The molecule has 2 aromatic rings. The Morgan fingerprint density at radius 3 is 2.28 bits per heavy atom. The molecule has 1 aliphatic rings. The fourth-order valence-electron chi connectivity index (χ4n) is 3.45. The predicted octanol–water partition coefficient (Wildman–Crippen LogP) is 5.80. The number of carbonyl (C=O) groups excluding carboxylic acids is 1. The molecule has 0 N–H and O–H groups in total. The van der Waals surface area contributed by atoms with Gasteiger partial charge in [0, 0.05) is 18.8 Å². The quantitative estimate of drug-likeness (QED) is 0.627. The van der Waals surface area contributed by atoms with E-state index in [0.29, 0.717) is 24.5 Å². The zero-order valence-electron chi connectivity index (χ0n) is 15.2. The van der Waals surface area contributed by atoms with E-state index in [1.54, 1.807) is 0 Å². The molecule has 1 aliphatic carbocycles. The minimum Gasteiger partial charge on any atom is -0.299 e.